The summed E-state index contributed by atoms with van der Waals surface area (Å²) >= 11 is 1.48. The number of aromatic nitrogens is 2. The van der Waals surface area contributed by atoms with Gasteiger partial charge in [0.15, 0.2) is 0 Å². The second-order valence-electron chi connectivity index (χ2n) is 6.23. The van der Waals surface area contributed by atoms with Crippen LogP contribution >= 0.6 is 24.2 Å². The third-order valence-electron chi connectivity index (χ3n) is 4.13. The number of anilines is 1. The molecule has 0 radical (unpaired) electrons. The molecule has 0 spiro atoms. The Morgan fingerprint density at radius 2 is 1.90 bits per heavy atom. The van der Waals surface area contributed by atoms with E-state index >= 15 is 0 Å². The zero-order valence-corrected chi connectivity index (χ0v) is 17.6. The van der Waals surface area contributed by atoms with Gasteiger partial charge in [-0.05, 0) is 31.2 Å². The number of nitrogens with two attached hydrogens (primary N) is 1. The summed E-state index contributed by atoms with van der Waals surface area (Å²) in [6.45, 7) is 2.74. The van der Waals surface area contributed by atoms with E-state index < -0.39 is 0 Å². The molecule has 154 valence electrons. The number of nitrogens with zero attached hydrogens (tertiary/aromatic N) is 1. The van der Waals surface area contributed by atoms with E-state index in [1.54, 1.807) is 24.3 Å². The molecular formula is C20H24ClN5O2S. The molecule has 0 bridgehead atoms. The molecule has 7 nitrogen and oxygen atoms in total. The van der Waals surface area contributed by atoms with Crippen LogP contribution in [0, 0.1) is 0 Å². The van der Waals surface area contributed by atoms with Crippen LogP contribution in [-0.2, 0) is 4.79 Å². The number of rotatable bonds is 8. The summed E-state index contributed by atoms with van der Waals surface area (Å²) in [5, 5.41) is 5.56. The summed E-state index contributed by atoms with van der Waals surface area (Å²) in [6, 6.07) is 14.7. The molecule has 1 heterocycles. The van der Waals surface area contributed by atoms with Gasteiger partial charge in [-0.2, -0.15) is 0 Å². The van der Waals surface area contributed by atoms with Gasteiger partial charge >= 0.3 is 0 Å². The summed E-state index contributed by atoms with van der Waals surface area (Å²) in [6.07, 6.45) is 0. The van der Waals surface area contributed by atoms with Crippen LogP contribution in [0.1, 0.15) is 28.4 Å². The number of thioether (sulfide) groups is 1. The van der Waals surface area contributed by atoms with Crippen molar-refractivity contribution in [2.45, 2.75) is 12.2 Å². The minimum Gasteiger partial charge on any atom is -0.351 e. The molecule has 29 heavy (non-hydrogen) atoms. The maximum atomic E-state index is 12.4. The van der Waals surface area contributed by atoms with Gasteiger partial charge in [-0.3, -0.25) is 9.59 Å². The van der Waals surface area contributed by atoms with E-state index in [9.17, 15) is 9.59 Å². The van der Waals surface area contributed by atoms with Crippen molar-refractivity contribution in [3.63, 3.8) is 0 Å². The number of H-pyrrole nitrogens is 1. The Labute approximate surface area is 179 Å². The highest BCUT2D eigenvalue weighted by Crippen LogP contribution is 2.28. The van der Waals surface area contributed by atoms with Crippen LogP contribution in [0.25, 0.3) is 11.0 Å². The van der Waals surface area contributed by atoms with Gasteiger partial charge in [0, 0.05) is 13.1 Å². The summed E-state index contributed by atoms with van der Waals surface area (Å²) < 4.78 is 0. The Morgan fingerprint density at radius 1 is 1.17 bits per heavy atom. The first-order valence-corrected chi connectivity index (χ1v) is 10.1. The summed E-state index contributed by atoms with van der Waals surface area (Å²) in [4.78, 5) is 32.5. The molecule has 0 aliphatic rings. The van der Waals surface area contributed by atoms with Crippen LogP contribution in [0.4, 0.5) is 5.69 Å². The van der Waals surface area contributed by atoms with Crippen molar-refractivity contribution < 1.29 is 9.59 Å². The van der Waals surface area contributed by atoms with Gasteiger partial charge in [0.25, 0.3) is 5.91 Å². The highest BCUT2D eigenvalue weighted by atomic mass is 35.5. The summed E-state index contributed by atoms with van der Waals surface area (Å²) in [5.74, 6) is 0.647. The minimum absolute atomic E-state index is 0. The Hall–Kier alpha value is -2.55. The number of carbonyl (C=O) groups is 2. The lowest BCUT2D eigenvalue weighted by atomic mass is 10.1. The second kappa shape index (κ2) is 10.8. The Bertz CT molecular complexity index is 945. The van der Waals surface area contributed by atoms with Crippen LogP contribution in [-0.4, -0.2) is 40.6 Å². The summed E-state index contributed by atoms with van der Waals surface area (Å²) in [7, 11) is 0. The highest BCUT2D eigenvalue weighted by molar-refractivity contribution is 8.00. The first kappa shape index (κ1) is 22.7. The molecule has 1 aromatic heterocycles. The molecule has 0 aliphatic carbocycles. The standard InChI is InChI=1S/C20H23N5O2S.ClH/c1-13(19-24-16-8-4-5-9-17(16)25-19)28-12-18(26)23-15-7-3-2-6-14(15)20(27)22-11-10-21;/h2-9,13H,10-12,21H2,1H3,(H,22,27)(H,23,26)(H,24,25);1H. The smallest absolute Gasteiger partial charge is 0.253 e. The van der Waals surface area contributed by atoms with E-state index in [0.717, 1.165) is 16.9 Å². The maximum Gasteiger partial charge on any atom is 0.253 e. The number of fused-ring (bicyclic) bond motifs is 1. The Balaban J connectivity index is 0.00000300. The van der Waals surface area contributed by atoms with Crippen molar-refractivity contribution >= 4 is 52.7 Å². The number of benzene rings is 2. The molecule has 1 unspecified atom stereocenters. The van der Waals surface area contributed by atoms with Crippen molar-refractivity contribution in [1.82, 2.24) is 15.3 Å². The van der Waals surface area contributed by atoms with Gasteiger partial charge in [-0.15, -0.1) is 24.2 Å². The highest BCUT2D eigenvalue weighted by Gasteiger charge is 2.16. The van der Waals surface area contributed by atoms with Crippen LogP contribution < -0.4 is 16.4 Å². The number of carbonyl (C=O) groups excluding carboxylic acids is 2. The zero-order valence-electron chi connectivity index (χ0n) is 16.0. The Morgan fingerprint density at radius 3 is 2.66 bits per heavy atom. The van der Waals surface area contributed by atoms with E-state index in [4.69, 9.17) is 5.73 Å². The molecular weight excluding hydrogens is 410 g/mol. The van der Waals surface area contributed by atoms with Gasteiger partial charge in [-0.25, -0.2) is 4.98 Å². The third-order valence-corrected chi connectivity index (χ3v) is 5.28. The predicted octanol–water partition coefficient (Wildman–Crippen LogP) is 3.11. The molecule has 0 aliphatic heterocycles. The van der Waals surface area contributed by atoms with E-state index in [1.165, 1.54) is 11.8 Å². The third kappa shape index (κ3) is 5.96. The number of imidazole rings is 1. The number of nitrogens with one attached hydrogen (secondary N) is 3. The summed E-state index contributed by atoms with van der Waals surface area (Å²) in [5.41, 5.74) is 8.21. The fourth-order valence-corrected chi connectivity index (χ4v) is 3.45. The quantitative estimate of drug-likeness (QED) is 0.436. The molecule has 0 saturated heterocycles. The lowest BCUT2D eigenvalue weighted by Gasteiger charge is -2.12. The molecule has 1 atom stereocenters. The lowest BCUT2D eigenvalue weighted by molar-refractivity contribution is -0.113. The van der Waals surface area contributed by atoms with Crippen molar-refractivity contribution in [3.05, 3.63) is 59.9 Å². The van der Waals surface area contributed by atoms with Crippen molar-refractivity contribution in [2.24, 2.45) is 5.73 Å². The van der Waals surface area contributed by atoms with Gasteiger partial charge in [-0.1, -0.05) is 24.3 Å². The Kier molecular flexibility index (Phi) is 8.50. The van der Waals surface area contributed by atoms with Gasteiger partial charge in [0.05, 0.1) is 33.3 Å². The fraction of sp³-hybridized carbons (Fsp3) is 0.250. The van der Waals surface area contributed by atoms with E-state index in [2.05, 4.69) is 20.6 Å². The molecule has 0 saturated carbocycles. The molecule has 9 heteroatoms. The number of aromatic amines is 1. The van der Waals surface area contributed by atoms with E-state index in [-0.39, 0.29) is 35.2 Å². The second-order valence-corrected chi connectivity index (χ2v) is 7.56. The fourth-order valence-electron chi connectivity index (χ4n) is 2.70. The molecule has 5 N–H and O–H groups in total. The van der Waals surface area contributed by atoms with Crippen LogP contribution in [0.3, 0.4) is 0 Å². The number of hydrogen-bond donors (Lipinski definition) is 4. The van der Waals surface area contributed by atoms with Gasteiger partial charge in [0.1, 0.15) is 5.82 Å². The number of amides is 2. The van der Waals surface area contributed by atoms with Crippen LogP contribution in [0.2, 0.25) is 0 Å². The normalized spacial score (nSPS) is 11.5. The first-order valence-electron chi connectivity index (χ1n) is 9.02. The van der Waals surface area contributed by atoms with E-state index in [0.29, 0.717) is 24.3 Å². The topological polar surface area (TPSA) is 113 Å². The molecule has 2 aromatic carbocycles. The van der Waals surface area contributed by atoms with Crippen molar-refractivity contribution in [3.8, 4) is 0 Å². The zero-order chi connectivity index (χ0) is 19.9. The number of hydrogen-bond acceptors (Lipinski definition) is 5. The minimum atomic E-state index is -0.260. The van der Waals surface area contributed by atoms with Crippen LogP contribution in [0.15, 0.2) is 48.5 Å². The van der Waals surface area contributed by atoms with Crippen molar-refractivity contribution in [2.75, 3.05) is 24.2 Å². The number of halogens is 1. The maximum absolute atomic E-state index is 12.4. The average molecular weight is 434 g/mol. The predicted molar refractivity (Wildman–Crippen MR) is 121 cm³/mol. The largest absolute Gasteiger partial charge is 0.351 e. The van der Waals surface area contributed by atoms with Gasteiger partial charge < -0.3 is 21.4 Å². The van der Waals surface area contributed by atoms with E-state index in [1.807, 2.05) is 31.2 Å². The monoisotopic (exact) mass is 433 g/mol. The molecule has 3 rings (SSSR count). The lowest BCUT2D eigenvalue weighted by Crippen LogP contribution is -2.30. The first-order chi connectivity index (χ1) is 13.6. The molecule has 0 fully saturated rings. The SMILES string of the molecule is CC(SCC(=O)Nc1ccccc1C(=O)NCCN)c1nc2ccccc2[nH]1.Cl. The van der Waals surface area contributed by atoms with Crippen molar-refractivity contribution in [1.29, 1.82) is 0 Å². The van der Waals surface area contributed by atoms with Gasteiger partial charge in [0.2, 0.25) is 5.91 Å². The average Bonchev–Trinajstić information content (AvgIpc) is 3.15. The molecule has 2 amide bonds. The molecule has 3 aromatic rings. The van der Waals surface area contributed by atoms with Crippen LogP contribution in [0.5, 0.6) is 0 Å². The number of para-hydroxylation sites is 3.